The highest BCUT2D eigenvalue weighted by molar-refractivity contribution is 7.19. The molecule has 3 heterocycles. The van der Waals surface area contributed by atoms with Crippen LogP contribution in [0, 0.1) is 11.8 Å². The van der Waals surface area contributed by atoms with E-state index in [2.05, 4.69) is 14.9 Å². The van der Waals surface area contributed by atoms with E-state index in [-0.39, 0.29) is 36.7 Å². The molecule has 2 saturated carbocycles. The summed E-state index contributed by atoms with van der Waals surface area (Å²) >= 11 is 1.68. The van der Waals surface area contributed by atoms with Crippen LogP contribution in [0.3, 0.4) is 0 Å². The molecule has 1 aliphatic heterocycles. The van der Waals surface area contributed by atoms with Gasteiger partial charge in [0.1, 0.15) is 17.3 Å². The van der Waals surface area contributed by atoms with Crippen LogP contribution in [-0.2, 0) is 11.2 Å². The third-order valence-corrected chi connectivity index (χ3v) is 8.92. The number of carbonyl (C=O) groups is 1. The lowest BCUT2D eigenvalue weighted by molar-refractivity contribution is -0.119. The van der Waals surface area contributed by atoms with Crippen molar-refractivity contribution in [3.05, 3.63) is 16.8 Å². The van der Waals surface area contributed by atoms with Gasteiger partial charge in [-0.05, 0) is 43.6 Å². The first-order chi connectivity index (χ1) is 14.9. The number of piperidine rings is 1. The SMILES string of the molecule is NC(=O)[C@@H]1C2Cc3sc4ncnc(OC5CCC(N6CCC(F)(F)CC6)CC5)c4c3C21. The number of carbonyl (C=O) groups excluding carboxylic acids is 1. The maximum Gasteiger partial charge on any atom is 0.250 e. The fourth-order valence-electron chi connectivity index (χ4n) is 6.09. The molecule has 0 spiro atoms. The average molecular weight is 449 g/mol. The van der Waals surface area contributed by atoms with Crippen molar-refractivity contribution in [3.63, 3.8) is 0 Å². The predicted molar refractivity (Wildman–Crippen MR) is 112 cm³/mol. The van der Waals surface area contributed by atoms with Crippen LogP contribution in [0.15, 0.2) is 6.33 Å². The Bertz CT molecular complexity index is 1030. The number of halogens is 2. The van der Waals surface area contributed by atoms with Gasteiger partial charge in [0.25, 0.3) is 5.92 Å². The highest BCUT2D eigenvalue weighted by Gasteiger charge is 2.60. The van der Waals surface area contributed by atoms with Crippen molar-refractivity contribution in [2.24, 2.45) is 17.6 Å². The van der Waals surface area contributed by atoms with Crippen LogP contribution in [0.5, 0.6) is 5.88 Å². The zero-order valence-electron chi connectivity index (χ0n) is 17.2. The Hall–Kier alpha value is -1.87. The lowest BCUT2D eigenvalue weighted by atomic mass is 9.90. The average Bonchev–Trinajstić information content (AvgIpc) is 3.13. The van der Waals surface area contributed by atoms with Crippen LogP contribution < -0.4 is 10.5 Å². The molecule has 6 nitrogen and oxygen atoms in total. The van der Waals surface area contributed by atoms with E-state index in [0.717, 1.165) is 42.3 Å². The molecule has 6 rings (SSSR count). The lowest BCUT2D eigenvalue weighted by Crippen LogP contribution is -2.47. The molecule has 3 atom stereocenters. The highest BCUT2D eigenvalue weighted by atomic mass is 32.1. The van der Waals surface area contributed by atoms with E-state index in [1.54, 1.807) is 17.7 Å². The zero-order valence-corrected chi connectivity index (χ0v) is 18.0. The van der Waals surface area contributed by atoms with Crippen LogP contribution in [0.1, 0.15) is 54.9 Å². The molecule has 31 heavy (non-hydrogen) atoms. The maximum atomic E-state index is 13.5. The summed E-state index contributed by atoms with van der Waals surface area (Å²) < 4.78 is 33.3. The standard InChI is InChI=1S/C22H26F2N4O2S/c23-22(24)5-7-28(8-6-22)11-1-3-12(4-2-11)30-20-18-17-14(31-21(18)27-10-26-20)9-13-15(17)16(13)19(25)29/h10-13,15-16H,1-9H2,(H2,25,29)/t11?,12?,13?,15?,16-/m1/s1. The molecule has 0 aromatic carbocycles. The number of nitrogens with two attached hydrogens (primary N) is 1. The van der Waals surface area contributed by atoms with E-state index < -0.39 is 5.92 Å². The first kappa shape index (κ1) is 19.8. The van der Waals surface area contributed by atoms with Crippen molar-refractivity contribution >= 4 is 27.5 Å². The van der Waals surface area contributed by atoms with Crippen molar-refractivity contribution in [3.8, 4) is 5.88 Å². The Labute approximate surface area is 183 Å². The van der Waals surface area contributed by atoms with Crippen LogP contribution >= 0.6 is 11.3 Å². The van der Waals surface area contributed by atoms with Gasteiger partial charge in [-0.15, -0.1) is 11.3 Å². The molecule has 1 saturated heterocycles. The summed E-state index contributed by atoms with van der Waals surface area (Å²) in [4.78, 5) is 25.1. The van der Waals surface area contributed by atoms with Gasteiger partial charge < -0.3 is 10.5 Å². The number of likely N-dealkylation sites (tertiary alicyclic amines) is 1. The van der Waals surface area contributed by atoms with Crippen molar-refractivity contribution in [2.75, 3.05) is 13.1 Å². The molecule has 3 aliphatic carbocycles. The van der Waals surface area contributed by atoms with Gasteiger partial charge in [0.05, 0.1) is 5.39 Å². The first-order valence-electron chi connectivity index (χ1n) is 11.3. The second-order valence-electron chi connectivity index (χ2n) is 9.56. The van der Waals surface area contributed by atoms with Gasteiger partial charge in [0.15, 0.2) is 0 Å². The van der Waals surface area contributed by atoms with E-state index in [4.69, 9.17) is 10.5 Å². The molecular weight excluding hydrogens is 422 g/mol. The second kappa shape index (κ2) is 7.07. The third-order valence-electron chi connectivity index (χ3n) is 7.79. The Morgan fingerprint density at radius 3 is 2.65 bits per heavy atom. The number of ether oxygens (including phenoxy) is 1. The topological polar surface area (TPSA) is 81.3 Å². The van der Waals surface area contributed by atoms with Gasteiger partial charge in [0, 0.05) is 48.7 Å². The number of hydrogen-bond acceptors (Lipinski definition) is 6. The van der Waals surface area contributed by atoms with E-state index in [1.165, 1.54) is 10.4 Å². The van der Waals surface area contributed by atoms with Gasteiger partial charge in [-0.25, -0.2) is 18.7 Å². The molecule has 0 radical (unpaired) electrons. The summed E-state index contributed by atoms with van der Waals surface area (Å²) in [5.74, 6) is -1.62. The van der Waals surface area contributed by atoms with Gasteiger partial charge in [-0.2, -0.15) is 0 Å². The Morgan fingerprint density at radius 2 is 1.94 bits per heavy atom. The molecule has 2 N–H and O–H groups in total. The number of primary amides is 1. The number of thiophene rings is 1. The molecular formula is C22H26F2N4O2S. The van der Waals surface area contributed by atoms with Crippen molar-refractivity contribution < 1.29 is 18.3 Å². The van der Waals surface area contributed by atoms with Gasteiger partial charge in [-0.3, -0.25) is 9.69 Å². The number of nitrogens with zero attached hydrogens (tertiary/aromatic N) is 3. The minimum atomic E-state index is -2.50. The van der Waals surface area contributed by atoms with Crippen molar-refractivity contribution in [1.29, 1.82) is 0 Å². The van der Waals surface area contributed by atoms with Gasteiger partial charge in [0.2, 0.25) is 11.8 Å². The van der Waals surface area contributed by atoms with Crippen LogP contribution in [0.2, 0.25) is 0 Å². The summed E-state index contributed by atoms with van der Waals surface area (Å²) in [7, 11) is 0. The largest absolute Gasteiger partial charge is 0.474 e. The summed E-state index contributed by atoms with van der Waals surface area (Å²) in [5.41, 5.74) is 6.78. The summed E-state index contributed by atoms with van der Waals surface area (Å²) in [6.07, 6.45) is 6.17. The molecule has 3 fully saturated rings. The van der Waals surface area contributed by atoms with E-state index in [0.29, 0.717) is 30.9 Å². The van der Waals surface area contributed by atoms with Crippen LogP contribution in [0.25, 0.3) is 10.2 Å². The first-order valence-corrected chi connectivity index (χ1v) is 12.1. The molecule has 4 aliphatic rings. The molecule has 2 aromatic rings. The number of amides is 1. The minimum absolute atomic E-state index is 0.0277. The number of aromatic nitrogens is 2. The highest BCUT2D eigenvalue weighted by Crippen LogP contribution is 2.65. The van der Waals surface area contributed by atoms with Crippen LogP contribution in [-0.4, -0.2) is 51.9 Å². The van der Waals surface area contributed by atoms with E-state index >= 15 is 0 Å². The fourth-order valence-corrected chi connectivity index (χ4v) is 7.35. The van der Waals surface area contributed by atoms with Crippen LogP contribution in [0.4, 0.5) is 8.78 Å². The number of hydrogen-bond donors (Lipinski definition) is 1. The van der Waals surface area contributed by atoms with E-state index in [1.807, 2.05) is 0 Å². The Kier molecular flexibility index (Phi) is 4.51. The Morgan fingerprint density at radius 1 is 1.19 bits per heavy atom. The van der Waals surface area contributed by atoms with Gasteiger partial charge >= 0.3 is 0 Å². The summed E-state index contributed by atoms with van der Waals surface area (Å²) in [5, 5.41) is 0.971. The fraction of sp³-hybridized carbons (Fsp3) is 0.682. The number of rotatable bonds is 4. The number of alkyl halides is 2. The quantitative estimate of drug-likeness (QED) is 0.775. The normalized spacial score (nSPS) is 34.3. The molecule has 9 heteroatoms. The van der Waals surface area contributed by atoms with Crippen molar-refractivity contribution in [2.45, 2.75) is 68.9 Å². The minimum Gasteiger partial charge on any atom is -0.474 e. The van der Waals surface area contributed by atoms with Crippen molar-refractivity contribution in [1.82, 2.24) is 14.9 Å². The third kappa shape index (κ3) is 3.31. The molecule has 2 aromatic heterocycles. The summed E-state index contributed by atoms with van der Waals surface area (Å²) in [6.45, 7) is 0.973. The predicted octanol–water partition coefficient (Wildman–Crippen LogP) is 3.48. The van der Waals surface area contributed by atoms with E-state index in [9.17, 15) is 13.6 Å². The number of fused-ring (bicyclic) bond motifs is 5. The molecule has 2 unspecified atom stereocenters. The Balaban J connectivity index is 1.15. The summed E-state index contributed by atoms with van der Waals surface area (Å²) in [6, 6.07) is 0.371. The maximum absolute atomic E-state index is 13.5. The smallest absolute Gasteiger partial charge is 0.250 e. The molecule has 0 bridgehead atoms. The van der Waals surface area contributed by atoms with Gasteiger partial charge in [-0.1, -0.05) is 0 Å². The molecule has 1 amide bonds. The monoisotopic (exact) mass is 448 g/mol. The second-order valence-corrected chi connectivity index (χ2v) is 10.6. The zero-order chi connectivity index (χ0) is 21.3. The lowest BCUT2D eigenvalue weighted by Gasteiger charge is -2.40. The molecule has 166 valence electrons.